The molecule has 2 atom stereocenters. The summed E-state index contributed by atoms with van der Waals surface area (Å²) in [5.41, 5.74) is -0.805. The molecule has 2 aromatic rings. The minimum Gasteiger partial charge on any atom is -0.385 e. The van der Waals surface area contributed by atoms with Gasteiger partial charge in [-0.2, -0.15) is 0 Å². The first-order valence-electron chi connectivity index (χ1n) is 7.88. The smallest absolute Gasteiger partial charge is 0.123 e. The summed E-state index contributed by atoms with van der Waals surface area (Å²) in [4.78, 5) is 0. The molecule has 23 heavy (non-hydrogen) atoms. The summed E-state index contributed by atoms with van der Waals surface area (Å²) < 4.78 is 26.2. The molecule has 0 spiro atoms. The van der Waals surface area contributed by atoms with Gasteiger partial charge in [0.25, 0.3) is 0 Å². The molecule has 1 aliphatic rings. The highest BCUT2D eigenvalue weighted by Gasteiger charge is 2.39. The van der Waals surface area contributed by atoms with Crippen LogP contribution in [0.25, 0.3) is 0 Å². The van der Waals surface area contributed by atoms with E-state index in [2.05, 4.69) is 0 Å². The van der Waals surface area contributed by atoms with Crippen LogP contribution in [0.2, 0.25) is 0 Å². The standard InChI is InChI=1S/C19H20F2O2/c20-16-6-2-14(3-7-16)18(22)10-1-11-19(23,13-12-18)15-4-8-17(21)9-5-15/h2-9,22-23H,1,10-13H2/t18-,19+. The summed E-state index contributed by atoms with van der Waals surface area (Å²) in [7, 11) is 0. The van der Waals surface area contributed by atoms with Gasteiger partial charge >= 0.3 is 0 Å². The third-order valence-electron chi connectivity index (χ3n) is 4.90. The molecule has 0 bridgehead atoms. The molecule has 0 aliphatic heterocycles. The van der Waals surface area contributed by atoms with Gasteiger partial charge in [-0.15, -0.1) is 0 Å². The lowest BCUT2D eigenvalue weighted by Gasteiger charge is -2.30. The highest BCUT2D eigenvalue weighted by atomic mass is 19.1. The maximum absolute atomic E-state index is 13.1. The van der Waals surface area contributed by atoms with Gasteiger partial charge < -0.3 is 10.2 Å². The van der Waals surface area contributed by atoms with Crippen LogP contribution in [-0.4, -0.2) is 10.2 Å². The van der Waals surface area contributed by atoms with Crippen LogP contribution in [0.4, 0.5) is 8.78 Å². The molecule has 0 aromatic heterocycles. The molecule has 3 rings (SSSR count). The van der Waals surface area contributed by atoms with Crippen LogP contribution in [0.15, 0.2) is 48.5 Å². The highest BCUT2D eigenvalue weighted by molar-refractivity contribution is 5.26. The first-order chi connectivity index (χ1) is 10.9. The quantitative estimate of drug-likeness (QED) is 0.822. The third kappa shape index (κ3) is 3.28. The lowest BCUT2D eigenvalue weighted by Crippen LogP contribution is -2.28. The number of hydrogen-bond donors (Lipinski definition) is 2. The first kappa shape index (κ1) is 16.1. The van der Waals surface area contributed by atoms with Crippen LogP contribution < -0.4 is 0 Å². The molecule has 122 valence electrons. The van der Waals surface area contributed by atoms with Crippen LogP contribution >= 0.6 is 0 Å². The maximum atomic E-state index is 13.1. The second kappa shape index (κ2) is 6.02. The Labute approximate surface area is 134 Å². The average Bonchev–Trinajstić information content (AvgIpc) is 2.69. The van der Waals surface area contributed by atoms with Crippen molar-refractivity contribution in [1.29, 1.82) is 0 Å². The average molecular weight is 318 g/mol. The van der Waals surface area contributed by atoms with Gasteiger partial charge in [-0.05, 0) is 67.5 Å². The summed E-state index contributed by atoms with van der Waals surface area (Å²) in [5, 5.41) is 21.9. The molecule has 0 heterocycles. The van der Waals surface area contributed by atoms with Crippen LogP contribution in [0.5, 0.6) is 0 Å². The minimum absolute atomic E-state index is 0.339. The van der Waals surface area contributed by atoms with Crippen molar-refractivity contribution in [3.05, 3.63) is 71.3 Å². The lowest BCUT2D eigenvalue weighted by atomic mass is 9.83. The number of benzene rings is 2. The van der Waals surface area contributed by atoms with Crippen molar-refractivity contribution in [2.24, 2.45) is 0 Å². The van der Waals surface area contributed by atoms with Crippen molar-refractivity contribution in [1.82, 2.24) is 0 Å². The van der Waals surface area contributed by atoms with Crippen molar-refractivity contribution in [3.63, 3.8) is 0 Å². The van der Waals surface area contributed by atoms with E-state index in [0.29, 0.717) is 43.2 Å². The van der Waals surface area contributed by atoms with E-state index in [1.165, 1.54) is 24.3 Å². The number of halogens is 2. The van der Waals surface area contributed by atoms with Gasteiger partial charge in [0.05, 0.1) is 11.2 Å². The van der Waals surface area contributed by atoms with E-state index in [4.69, 9.17) is 0 Å². The van der Waals surface area contributed by atoms with E-state index in [1.807, 2.05) is 0 Å². The number of rotatable bonds is 2. The lowest BCUT2D eigenvalue weighted by molar-refractivity contribution is -0.00780. The van der Waals surface area contributed by atoms with Crippen molar-refractivity contribution in [3.8, 4) is 0 Å². The molecule has 1 fully saturated rings. The SMILES string of the molecule is O[C@]1(c2ccc(F)cc2)CCC[C@@](O)(c2ccc(F)cc2)CC1. The third-order valence-corrected chi connectivity index (χ3v) is 4.90. The summed E-state index contributed by atoms with van der Waals surface area (Å²) in [6, 6.07) is 11.7. The predicted molar refractivity (Wildman–Crippen MR) is 83.7 cm³/mol. The normalized spacial score (nSPS) is 28.3. The Morgan fingerprint density at radius 3 is 1.30 bits per heavy atom. The summed E-state index contributed by atoms with van der Waals surface area (Å²) in [5.74, 6) is -0.678. The van der Waals surface area contributed by atoms with E-state index in [0.717, 1.165) is 0 Å². The molecule has 4 heteroatoms. The van der Waals surface area contributed by atoms with Crippen molar-refractivity contribution < 1.29 is 19.0 Å². The molecule has 0 saturated heterocycles. The zero-order valence-corrected chi connectivity index (χ0v) is 12.8. The fraction of sp³-hybridized carbons (Fsp3) is 0.368. The van der Waals surface area contributed by atoms with Crippen LogP contribution in [0.1, 0.15) is 43.2 Å². The Balaban J connectivity index is 1.83. The van der Waals surface area contributed by atoms with Gasteiger partial charge in [0.2, 0.25) is 0 Å². The summed E-state index contributed by atoms with van der Waals surface area (Å²) >= 11 is 0. The Bertz CT molecular complexity index is 609. The number of aliphatic hydroxyl groups is 2. The van der Waals surface area contributed by atoms with E-state index in [-0.39, 0.29) is 11.6 Å². The topological polar surface area (TPSA) is 40.5 Å². The van der Waals surface area contributed by atoms with Crippen molar-refractivity contribution in [2.75, 3.05) is 0 Å². The van der Waals surface area contributed by atoms with E-state index < -0.39 is 11.2 Å². The monoisotopic (exact) mass is 318 g/mol. The summed E-state index contributed by atoms with van der Waals surface area (Å²) in [6.07, 6.45) is 2.37. The van der Waals surface area contributed by atoms with Gasteiger partial charge in [0.15, 0.2) is 0 Å². The van der Waals surface area contributed by atoms with Crippen LogP contribution in [-0.2, 0) is 11.2 Å². The van der Waals surface area contributed by atoms with E-state index in [1.54, 1.807) is 24.3 Å². The Morgan fingerprint density at radius 1 is 0.609 bits per heavy atom. The van der Waals surface area contributed by atoms with Crippen LogP contribution in [0, 0.1) is 11.6 Å². The van der Waals surface area contributed by atoms with E-state index >= 15 is 0 Å². The second-order valence-electron chi connectivity index (χ2n) is 6.43. The van der Waals surface area contributed by atoms with Crippen molar-refractivity contribution >= 4 is 0 Å². The Hall–Kier alpha value is -1.78. The van der Waals surface area contributed by atoms with Gasteiger partial charge in [0.1, 0.15) is 11.6 Å². The predicted octanol–water partition coefficient (Wildman–Crippen LogP) is 4.00. The Kier molecular flexibility index (Phi) is 4.21. The van der Waals surface area contributed by atoms with Gasteiger partial charge in [-0.3, -0.25) is 0 Å². The molecule has 0 radical (unpaired) electrons. The molecule has 0 unspecified atom stereocenters. The zero-order chi connectivity index (χ0) is 16.5. The maximum Gasteiger partial charge on any atom is 0.123 e. The molecule has 2 aromatic carbocycles. The second-order valence-corrected chi connectivity index (χ2v) is 6.43. The Morgan fingerprint density at radius 2 is 0.957 bits per heavy atom. The molecule has 0 amide bonds. The summed E-state index contributed by atoms with van der Waals surface area (Å²) in [6.45, 7) is 0. The van der Waals surface area contributed by atoms with Crippen molar-refractivity contribution in [2.45, 2.75) is 43.3 Å². The zero-order valence-electron chi connectivity index (χ0n) is 12.8. The molecule has 2 nitrogen and oxygen atoms in total. The molecule has 1 saturated carbocycles. The van der Waals surface area contributed by atoms with E-state index in [9.17, 15) is 19.0 Å². The number of hydrogen-bond acceptors (Lipinski definition) is 2. The fourth-order valence-corrected chi connectivity index (χ4v) is 3.43. The highest BCUT2D eigenvalue weighted by Crippen LogP contribution is 2.43. The van der Waals surface area contributed by atoms with Gasteiger partial charge in [-0.25, -0.2) is 8.78 Å². The minimum atomic E-state index is -1.07. The largest absolute Gasteiger partial charge is 0.385 e. The molecular formula is C19H20F2O2. The van der Waals surface area contributed by atoms with Gasteiger partial charge in [-0.1, -0.05) is 24.3 Å². The first-order valence-corrected chi connectivity index (χ1v) is 7.88. The fourth-order valence-electron chi connectivity index (χ4n) is 3.43. The van der Waals surface area contributed by atoms with Gasteiger partial charge in [0, 0.05) is 0 Å². The molecular weight excluding hydrogens is 298 g/mol. The molecule has 2 N–H and O–H groups in total. The molecule has 1 aliphatic carbocycles. The van der Waals surface area contributed by atoms with Crippen LogP contribution in [0.3, 0.4) is 0 Å².